The summed E-state index contributed by atoms with van der Waals surface area (Å²) in [5.74, 6) is -1.01. The van der Waals surface area contributed by atoms with Crippen LogP contribution in [-0.4, -0.2) is 33.2 Å². The highest BCUT2D eigenvalue weighted by atomic mass is 16.7. The van der Waals surface area contributed by atoms with Gasteiger partial charge in [0.15, 0.2) is 0 Å². The van der Waals surface area contributed by atoms with Gasteiger partial charge in [0.1, 0.15) is 0 Å². The van der Waals surface area contributed by atoms with E-state index in [9.17, 15) is 19.5 Å². The van der Waals surface area contributed by atoms with Crippen LogP contribution in [0.3, 0.4) is 0 Å². The van der Waals surface area contributed by atoms with Crippen LogP contribution in [0.5, 0.6) is 0 Å². The second kappa shape index (κ2) is 7.07. The van der Waals surface area contributed by atoms with E-state index in [1.807, 2.05) is 0 Å². The van der Waals surface area contributed by atoms with Crippen molar-refractivity contribution in [1.82, 2.24) is 10.0 Å². The van der Waals surface area contributed by atoms with Gasteiger partial charge in [0.05, 0.1) is 6.61 Å². The standard InChI is InChI=1S/C7H7NO3.C4H5NO3/c9-7(10)11-5-6-2-1-3-8-4-6;6-3-1-2-4(7)5(3)8/h1-4H,5H2,(H,9,10);8H,1-2H2/p-1. The van der Waals surface area contributed by atoms with Crippen LogP contribution in [0.2, 0.25) is 0 Å². The number of hydrogen-bond donors (Lipinski definition) is 1. The Morgan fingerprint density at radius 2 is 2.05 bits per heavy atom. The van der Waals surface area contributed by atoms with Crippen molar-refractivity contribution in [2.75, 3.05) is 0 Å². The summed E-state index contributed by atoms with van der Waals surface area (Å²) in [4.78, 5) is 34.1. The third-order valence-electron chi connectivity index (χ3n) is 2.10. The first-order valence-corrected chi connectivity index (χ1v) is 5.28. The molecule has 1 saturated heterocycles. The van der Waals surface area contributed by atoms with Gasteiger partial charge in [0, 0.05) is 25.2 Å². The normalized spacial score (nSPS) is 13.8. The molecule has 1 N–H and O–H groups in total. The number of aromatic nitrogens is 1. The highest BCUT2D eigenvalue weighted by molar-refractivity contribution is 6.00. The van der Waals surface area contributed by atoms with Crippen molar-refractivity contribution in [2.24, 2.45) is 0 Å². The fourth-order valence-corrected chi connectivity index (χ4v) is 1.19. The molecule has 0 aliphatic carbocycles. The maximum Gasteiger partial charge on any atom is 0.253 e. The molecule has 19 heavy (non-hydrogen) atoms. The zero-order valence-electron chi connectivity index (χ0n) is 9.81. The van der Waals surface area contributed by atoms with Gasteiger partial charge in [-0.15, -0.1) is 0 Å². The maximum absolute atomic E-state index is 10.2. The average molecular weight is 267 g/mol. The van der Waals surface area contributed by atoms with Gasteiger partial charge in [0.2, 0.25) is 0 Å². The molecule has 1 aliphatic rings. The molecule has 0 unspecified atom stereocenters. The maximum atomic E-state index is 10.2. The fourth-order valence-electron chi connectivity index (χ4n) is 1.19. The molecule has 1 aromatic rings. The molecule has 0 spiro atoms. The molecular weight excluding hydrogens is 256 g/mol. The van der Waals surface area contributed by atoms with Gasteiger partial charge in [0.25, 0.3) is 18.0 Å². The van der Waals surface area contributed by atoms with E-state index >= 15 is 0 Å². The Kier molecular flexibility index (Phi) is 5.42. The Hall–Kier alpha value is -2.48. The summed E-state index contributed by atoms with van der Waals surface area (Å²) in [5.41, 5.74) is 0.705. The van der Waals surface area contributed by atoms with Crippen LogP contribution in [0.4, 0.5) is 4.79 Å². The fraction of sp³-hybridized carbons (Fsp3) is 0.273. The number of pyridine rings is 1. The number of hydroxylamine groups is 2. The van der Waals surface area contributed by atoms with E-state index < -0.39 is 18.0 Å². The smallest absolute Gasteiger partial charge is 0.253 e. The van der Waals surface area contributed by atoms with Crippen LogP contribution in [0.25, 0.3) is 0 Å². The molecule has 1 fully saturated rings. The van der Waals surface area contributed by atoms with Gasteiger partial charge >= 0.3 is 0 Å². The van der Waals surface area contributed by atoms with Gasteiger partial charge in [-0.2, -0.15) is 5.06 Å². The molecular formula is C11H11N2O6-. The molecule has 8 heteroatoms. The highest BCUT2D eigenvalue weighted by Crippen LogP contribution is 2.07. The number of carbonyl (C=O) groups excluding carboxylic acids is 3. The van der Waals surface area contributed by atoms with Gasteiger partial charge < -0.3 is 14.6 Å². The minimum absolute atomic E-state index is 0.00380. The second-order valence-corrected chi connectivity index (χ2v) is 3.50. The number of carboxylic acid groups (broad SMARTS) is 1. The average Bonchev–Trinajstić information content (AvgIpc) is 2.70. The summed E-state index contributed by atoms with van der Waals surface area (Å²) in [5, 5.41) is 18.4. The SMILES string of the molecule is O=C([O-])OCc1cccnc1.O=C1CCC(=O)N1O. The van der Waals surface area contributed by atoms with E-state index in [1.54, 1.807) is 18.3 Å². The Balaban J connectivity index is 0.000000200. The van der Waals surface area contributed by atoms with Crippen LogP contribution >= 0.6 is 0 Å². The lowest BCUT2D eigenvalue weighted by atomic mass is 10.3. The minimum atomic E-state index is -1.52. The Bertz CT molecular complexity index is 446. The van der Waals surface area contributed by atoms with Crippen molar-refractivity contribution in [2.45, 2.75) is 19.4 Å². The van der Waals surface area contributed by atoms with Crippen molar-refractivity contribution < 1.29 is 29.4 Å². The zero-order chi connectivity index (χ0) is 14.3. The number of amides is 2. The van der Waals surface area contributed by atoms with Crippen LogP contribution in [0.1, 0.15) is 18.4 Å². The molecule has 102 valence electrons. The zero-order valence-corrected chi connectivity index (χ0v) is 9.81. The lowest BCUT2D eigenvalue weighted by molar-refractivity contribution is -0.284. The number of ether oxygens (including phenoxy) is 1. The van der Waals surface area contributed by atoms with Gasteiger partial charge in [-0.05, 0) is 11.6 Å². The van der Waals surface area contributed by atoms with Crippen LogP contribution in [-0.2, 0) is 20.9 Å². The summed E-state index contributed by atoms with van der Waals surface area (Å²) in [6, 6.07) is 3.42. The summed E-state index contributed by atoms with van der Waals surface area (Å²) in [6.45, 7) is -0.00380. The number of imide groups is 1. The molecule has 8 nitrogen and oxygen atoms in total. The number of nitrogens with zero attached hydrogens (tertiary/aromatic N) is 2. The minimum Gasteiger partial charge on any atom is -0.545 e. The molecule has 2 heterocycles. The van der Waals surface area contributed by atoms with Gasteiger partial charge in [-0.1, -0.05) is 6.07 Å². The van der Waals surface area contributed by atoms with E-state index in [0.717, 1.165) is 0 Å². The molecule has 1 aromatic heterocycles. The number of hydrogen-bond acceptors (Lipinski definition) is 7. The van der Waals surface area contributed by atoms with Crippen molar-refractivity contribution in [3.63, 3.8) is 0 Å². The van der Waals surface area contributed by atoms with E-state index in [-0.39, 0.29) is 24.5 Å². The van der Waals surface area contributed by atoms with Gasteiger partial charge in [-0.3, -0.25) is 19.8 Å². The largest absolute Gasteiger partial charge is 0.545 e. The topological polar surface area (TPSA) is 120 Å². The highest BCUT2D eigenvalue weighted by Gasteiger charge is 2.26. The second-order valence-electron chi connectivity index (χ2n) is 3.50. The quantitative estimate of drug-likeness (QED) is 0.434. The Labute approximate surface area is 108 Å². The Morgan fingerprint density at radius 1 is 1.42 bits per heavy atom. The van der Waals surface area contributed by atoms with E-state index in [0.29, 0.717) is 5.56 Å². The van der Waals surface area contributed by atoms with E-state index in [4.69, 9.17) is 5.21 Å². The van der Waals surface area contributed by atoms with Crippen molar-refractivity contribution in [3.8, 4) is 0 Å². The molecule has 0 aromatic carbocycles. The lowest BCUT2D eigenvalue weighted by Crippen LogP contribution is -2.24. The molecule has 0 radical (unpaired) electrons. The predicted octanol–water partition coefficient (Wildman–Crippen LogP) is -0.534. The Morgan fingerprint density at radius 3 is 2.42 bits per heavy atom. The van der Waals surface area contributed by atoms with Crippen LogP contribution < -0.4 is 5.11 Å². The van der Waals surface area contributed by atoms with E-state index in [2.05, 4.69) is 9.72 Å². The number of rotatable bonds is 2. The molecule has 0 bridgehead atoms. The summed E-state index contributed by atoms with van der Waals surface area (Å²) < 4.78 is 4.19. The monoisotopic (exact) mass is 267 g/mol. The van der Waals surface area contributed by atoms with Gasteiger partial charge in [-0.25, -0.2) is 0 Å². The third-order valence-corrected chi connectivity index (χ3v) is 2.10. The molecule has 0 saturated carbocycles. The third kappa shape index (κ3) is 5.13. The first-order valence-electron chi connectivity index (χ1n) is 5.28. The van der Waals surface area contributed by atoms with Crippen molar-refractivity contribution in [3.05, 3.63) is 30.1 Å². The first kappa shape index (κ1) is 14.6. The molecule has 2 amide bonds. The van der Waals surface area contributed by atoms with E-state index in [1.165, 1.54) is 6.20 Å². The molecule has 1 aliphatic heterocycles. The molecule has 2 rings (SSSR count). The van der Waals surface area contributed by atoms with Crippen LogP contribution in [0, 0.1) is 0 Å². The van der Waals surface area contributed by atoms with Crippen LogP contribution in [0.15, 0.2) is 24.5 Å². The number of carbonyl (C=O) groups is 3. The summed E-state index contributed by atoms with van der Waals surface area (Å²) in [7, 11) is 0. The summed E-state index contributed by atoms with van der Waals surface area (Å²) >= 11 is 0. The van der Waals surface area contributed by atoms with Crippen molar-refractivity contribution in [1.29, 1.82) is 0 Å². The summed E-state index contributed by atoms with van der Waals surface area (Å²) in [6.07, 6.45) is 1.91. The van der Waals surface area contributed by atoms with Crippen molar-refractivity contribution >= 4 is 18.0 Å². The predicted molar refractivity (Wildman–Crippen MR) is 57.3 cm³/mol. The molecule has 0 atom stereocenters. The lowest BCUT2D eigenvalue weighted by Gasteiger charge is -2.06. The first-order chi connectivity index (χ1) is 9.00.